The highest BCUT2D eigenvalue weighted by Gasteiger charge is 2.18. The zero-order chi connectivity index (χ0) is 19.8. The van der Waals surface area contributed by atoms with Gasteiger partial charge in [-0.15, -0.1) is 0 Å². The number of nitrogens with one attached hydrogen (secondary N) is 1. The van der Waals surface area contributed by atoms with Gasteiger partial charge in [0.2, 0.25) is 0 Å². The highest BCUT2D eigenvalue weighted by Crippen LogP contribution is 2.24. The first-order valence-corrected chi connectivity index (χ1v) is 8.68. The molecule has 1 aliphatic heterocycles. The number of ether oxygens (including phenoxy) is 3. The van der Waals surface area contributed by atoms with Crippen molar-refractivity contribution in [3.63, 3.8) is 0 Å². The van der Waals surface area contributed by atoms with Gasteiger partial charge in [-0.1, -0.05) is 0 Å². The number of anilines is 1. The number of carbonyl (C=O) groups is 2. The number of nitrogens with zero attached hydrogens (tertiary/aromatic N) is 1. The third kappa shape index (κ3) is 6.25. The molecular weight excluding hydrogens is 355 g/mol. The third-order valence-corrected chi connectivity index (χ3v) is 4.39. The minimum Gasteiger partial charge on any atom is -0.490 e. The predicted octanol–water partition coefficient (Wildman–Crippen LogP) is 2.19. The molecule has 1 heterocycles. The fraction of sp³-hybridized carbons (Fsp3) is 0.474. The van der Waals surface area contributed by atoms with E-state index in [1.165, 1.54) is 26.4 Å². The highest BCUT2D eigenvalue weighted by molar-refractivity contribution is 5.98. The molecule has 2 rings (SSSR count). The van der Waals surface area contributed by atoms with Gasteiger partial charge in [-0.25, -0.2) is 14.0 Å². The molecule has 8 heteroatoms. The van der Waals surface area contributed by atoms with Crippen LogP contribution in [-0.4, -0.2) is 57.8 Å². The normalized spacial score (nSPS) is 15.9. The summed E-state index contributed by atoms with van der Waals surface area (Å²) in [6, 6.07) is 4.23. The number of hydrogen-bond acceptors (Lipinski definition) is 7. The lowest BCUT2D eigenvalue weighted by Gasteiger charge is -2.28. The van der Waals surface area contributed by atoms with Gasteiger partial charge in [0.1, 0.15) is 5.70 Å². The summed E-state index contributed by atoms with van der Waals surface area (Å²) < 4.78 is 29.0. The van der Waals surface area contributed by atoms with E-state index in [0.717, 1.165) is 32.0 Å². The van der Waals surface area contributed by atoms with Crippen molar-refractivity contribution in [2.45, 2.75) is 12.8 Å². The molecule has 0 spiro atoms. The summed E-state index contributed by atoms with van der Waals surface area (Å²) in [6.45, 7) is 2.50. The number of carbonyl (C=O) groups excluding carboxylic acids is 2. The third-order valence-electron chi connectivity index (χ3n) is 4.39. The topological polar surface area (TPSA) is 77.1 Å². The zero-order valence-corrected chi connectivity index (χ0v) is 15.8. The molecular formula is C19H25FN2O5. The Balaban J connectivity index is 2.01. The van der Waals surface area contributed by atoms with Crippen LogP contribution in [0.2, 0.25) is 0 Å². The van der Waals surface area contributed by atoms with E-state index >= 15 is 0 Å². The quantitative estimate of drug-likeness (QED) is 0.574. The highest BCUT2D eigenvalue weighted by atomic mass is 19.1. The number of rotatable bonds is 7. The minimum atomic E-state index is -0.775. The lowest BCUT2D eigenvalue weighted by atomic mass is 9.98. The van der Waals surface area contributed by atoms with Gasteiger partial charge in [0.25, 0.3) is 0 Å². The van der Waals surface area contributed by atoms with Gasteiger partial charge in [-0.2, -0.15) is 0 Å². The Morgan fingerprint density at radius 2 is 1.96 bits per heavy atom. The SMILES string of the molecule is COC(=O)/C=C(/Nc1ccc(OCC2CCN(C)CC2)c(F)c1)C(=O)OC. The van der Waals surface area contributed by atoms with Gasteiger partial charge in [-0.05, 0) is 51.0 Å². The van der Waals surface area contributed by atoms with Crippen LogP contribution in [0.3, 0.4) is 0 Å². The number of likely N-dealkylation sites (tertiary alicyclic amines) is 1. The number of benzene rings is 1. The van der Waals surface area contributed by atoms with Crippen LogP contribution in [0.25, 0.3) is 0 Å². The Kier molecular flexibility index (Phi) is 7.60. The van der Waals surface area contributed by atoms with Gasteiger partial charge in [0.05, 0.1) is 26.9 Å². The van der Waals surface area contributed by atoms with Crippen molar-refractivity contribution in [1.29, 1.82) is 0 Å². The van der Waals surface area contributed by atoms with Crippen LogP contribution < -0.4 is 10.1 Å². The monoisotopic (exact) mass is 380 g/mol. The molecule has 1 saturated heterocycles. The molecule has 148 valence electrons. The minimum absolute atomic E-state index is 0.149. The van der Waals surface area contributed by atoms with Crippen LogP contribution in [0.5, 0.6) is 5.75 Å². The van der Waals surface area contributed by atoms with E-state index in [9.17, 15) is 14.0 Å². The first-order valence-electron chi connectivity index (χ1n) is 8.68. The van der Waals surface area contributed by atoms with Crippen LogP contribution in [0.15, 0.2) is 30.0 Å². The number of halogens is 1. The number of hydrogen-bond donors (Lipinski definition) is 1. The van der Waals surface area contributed by atoms with Crippen molar-refractivity contribution < 1.29 is 28.2 Å². The summed E-state index contributed by atoms with van der Waals surface area (Å²) in [5, 5.41) is 2.66. The van der Waals surface area contributed by atoms with Gasteiger partial charge in [-0.3, -0.25) is 0 Å². The summed E-state index contributed by atoms with van der Waals surface area (Å²) in [6.07, 6.45) is 2.99. The van der Waals surface area contributed by atoms with E-state index in [0.29, 0.717) is 12.5 Å². The van der Waals surface area contributed by atoms with Crippen molar-refractivity contribution in [1.82, 2.24) is 4.90 Å². The van der Waals surface area contributed by atoms with E-state index < -0.39 is 17.8 Å². The van der Waals surface area contributed by atoms with Crippen molar-refractivity contribution in [2.75, 3.05) is 46.3 Å². The molecule has 1 N–H and O–H groups in total. The fourth-order valence-electron chi connectivity index (χ4n) is 2.72. The molecule has 0 amide bonds. The van der Waals surface area contributed by atoms with Crippen molar-refractivity contribution in [2.24, 2.45) is 5.92 Å². The summed E-state index contributed by atoms with van der Waals surface area (Å²) in [7, 11) is 4.44. The molecule has 1 aliphatic rings. The van der Waals surface area contributed by atoms with Crippen molar-refractivity contribution in [3.05, 3.63) is 35.8 Å². The second-order valence-electron chi connectivity index (χ2n) is 6.40. The standard InChI is InChI=1S/C19H25FN2O5/c1-22-8-6-13(7-9-22)12-27-17-5-4-14(10-15(17)20)21-16(19(24)26-3)11-18(23)25-2/h4-5,10-11,13,21H,6-9,12H2,1-3H3/b16-11+. The molecule has 0 aromatic heterocycles. The van der Waals surface area contributed by atoms with Crippen LogP contribution in [0.1, 0.15) is 12.8 Å². The summed E-state index contributed by atoms with van der Waals surface area (Å²) >= 11 is 0. The molecule has 7 nitrogen and oxygen atoms in total. The van der Waals surface area contributed by atoms with Gasteiger partial charge < -0.3 is 24.4 Å². The van der Waals surface area contributed by atoms with Gasteiger partial charge >= 0.3 is 11.9 Å². The fourth-order valence-corrected chi connectivity index (χ4v) is 2.72. The largest absolute Gasteiger partial charge is 0.490 e. The summed E-state index contributed by atoms with van der Waals surface area (Å²) in [4.78, 5) is 25.4. The van der Waals surface area contributed by atoms with Crippen LogP contribution >= 0.6 is 0 Å². The van der Waals surface area contributed by atoms with E-state index in [1.807, 2.05) is 0 Å². The first-order chi connectivity index (χ1) is 12.9. The Hall–Kier alpha value is -2.61. The van der Waals surface area contributed by atoms with Crippen molar-refractivity contribution >= 4 is 17.6 Å². The number of piperidine rings is 1. The van der Waals surface area contributed by atoms with Gasteiger partial charge in [0, 0.05) is 11.8 Å². The van der Waals surface area contributed by atoms with E-state index in [1.54, 1.807) is 6.07 Å². The molecule has 27 heavy (non-hydrogen) atoms. The summed E-state index contributed by atoms with van der Waals surface area (Å²) in [5.74, 6) is -1.51. The smallest absolute Gasteiger partial charge is 0.354 e. The van der Waals surface area contributed by atoms with E-state index in [-0.39, 0.29) is 17.1 Å². The lowest BCUT2D eigenvalue weighted by Crippen LogP contribution is -2.32. The Bertz CT molecular complexity index is 699. The second-order valence-corrected chi connectivity index (χ2v) is 6.40. The van der Waals surface area contributed by atoms with Crippen LogP contribution in [0, 0.1) is 11.7 Å². The first kappa shape index (κ1) is 20.7. The molecule has 0 aliphatic carbocycles. The molecule has 0 bridgehead atoms. The number of methoxy groups -OCH3 is 2. The van der Waals surface area contributed by atoms with Gasteiger partial charge in [0.15, 0.2) is 11.6 Å². The molecule has 0 radical (unpaired) electrons. The van der Waals surface area contributed by atoms with E-state index in [4.69, 9.17) is 4.74 Å². The molecule has 0 saturated carbocycles. The molecule has 0 atom stereocenters. The second kappa shape index (κ2) is 9.91. The molecule has 1 aromatic rings. The average molecular weight is 380 g/mol. The van der Waals surface area contributed by atoms with E-state index in [2.05, 4.69) is 26.7 Å². The predicted molar refractivity (Wildman–Crippen MR) is 97.9 cm³/mol. The lowest BCUT2D eigenvalue weighted by molar-refractivity contribution is -0.138. The Morgan fingerprint density at radius 1 is 1.26 bits per heavy atom. The zero-order valence-electron chi connectivity index (χ0n) is 15.8. The van der Waals surface area contributed by atoms with Crippen LogP contribution in [-0.2, 0) is 19.1 Å². The average Bonchev–Trinajstić information content (AvgIpc) is 2.67. The molecule has 1 fully saturated rings. The molecule has 0 unspecified atom stereocenters. The maximum absolute atomic E-state index is 14.3. The Labute approximate surface area is 158 Å². The van der Waals surface area contributed by atoms with Crippen molar-refractivity contribution in [3.8, 4) is 5.75 Å². The number of esters is 2. The summed E-state index contributed by atoms with van der Waals surface area (Å²) in [5.41, 5.74) is 0.114. The molecule has 1 aromatic carbocycles. The van der Waals surface area contributed by atoms with Crippen LogP contribution in [0.4, 0.5) is 10.1 Å². The maximum atomic E-state index is 14.3. The Morgan fingerprint density at radius 3 is 2.56 bits per heavy atom. The maximum Gasteiger partial charge on any atom is 0.354 e.